The van der Waals surface area contributed by atoms with Crippen molar-refractivity contribution >= 4 is 21.6 Å². The Labute approximate surface area is 105 Å². The minimum atomic E-state index is -0.304. The molecule has 17 heavy (non-hydrogen) atoms. The van der Waals surface area contributed by atoms with Crippen molar-refractivity contribution in [1.29, 1.82) is 0 Å². The van der Waals surface area contributed by atoms with Crippen LogP contribution in [0.3, 0.4) is 0 Å². The Kier molecular flexibility index (Phi) is 3.43. The van der Waals surface area contributed by atoms with E-state index < -0.39 is 0 Å². The van der Waals surface area contributed by atoms with Gasteiger partial charge in [-0.2, -0.15) is 0 Å². The summed E-state index contributed by atoms with van der Waals surface area (Å²) in [7, 11) is 0. The normalized spacial score (nSPS) is 10.2. The fourth-order valence-corrected chi connectivity index (χ4v) is 1.58. The average molecular weight is 296 g/mol. The standard InChI is InChI=1S/C11H10BrN3O2/c12-8-1-3-9(4-2-8)13-7-15-11(17)6-5-10(16)14-15/h1-6,13H,7H2,(H,14,16). The zero-order chi connectivity index (χ0) is 12.3. The van der Waals surface area contributed by atoms with E-state index in [9.17, 15) is 9.59 Å². The van der Waals surface area contributed by atoms with E-state index in [1.165, 1.54) is 16.8 Å². The molecule has 0 fully saturated rings. The first-order valence-electron chi connectivity index (χ1n) is 4.95. The minimum absolute atomic E-state index is 0.219. The first kappa shape index (κ1) is 11.7. The summed E-state index contributed by atoms with van der Waals surface area (Å²) in [5.41, 5.74) is 0.307. The second-order valence-electron chi connectivity index (χ2n) is 3.42. The maximum Gasteiger partial charge on any atom is 0.266 e. The van der Waals surface area contributed by atoms with E-state index in [0.717, 1.165) is 10.2 Å². The number of benzene rings is 1. The molecule has 6 heteroatoms. The molecule has 1 heterocycles. The van der Waals surface area contributed by atoms with Crippen molar-refractivity contribution < 1.29 is 0 Å². The van der Waals surface area contributed by atoms with Crippen LogP contribution in [0.15, 0.2) is 50.5 Å². The molecule has 0 unspecified atom stereocenters. The van der Waals surface area contributed by atoms with Crippen LogP contribution in [0.4, 0.5) is 5.69 Å². The molecule has 0 aliphatic carbocycles. The van der Waals surface area contributed by atoms with E-state index in [0.29, 0.717) is 0 Å². The number of nitrogens with one attached hydrogen (secondary N) is 2. The molecule has 0 aliphatic heterocycles. The van der Waals surface area contributed by atoms with Gasteiger partial charge in [0.2, 0.25) is 0 Å². The van der Waals surface area contributed by atoms with E-state index in [-0.39, 0.29) is 17.8 Å². The highest BCUT2D eigenvalue weighted by Gasteiger charge is 1.96. The molecule has 0 bridgehead atoms. The summed E-state index contributed by atoms with van der Waals surface area (Å²) in [6.45, 7) is 0.219. The first-order valence-corrected chi connectivity index (χ1v) is 5.74. The summed E-state index contributed by atoms with van der Waals surface area (Å²) in [6, 6.07) is 9.96. The highest BCUT2D eigenvalue weighted by Crippen LogP contribution is 2.13. The lowest BCUT2D eigenvalue weighted by Crippen LogP contribution is -2.30. The Morgan fingerprint density at radius 3 is 2.53 bits per heavy atom. The predicted molar refractivity (Wildman–Crippen MR) is 69.1 cm³/mol. The number of aromatic nitrogens is 2. The average Bonchev–Trinajstić information content (AvgIpc) is 2.32. The number of anilines is 1. The summed E-state index contributed by atoms with van der Waals surface area (Å²) >= 11 is 3.33. The predicted octanol–water partition coefficient (Wildman–Crippen LogP) is 1.37. The number of rotatable bonds is 3. The Morgan fingerprint density at radius 1 is 1.12 bits per heavy atom. The molecule has 5 nitrogen and oxygen atoms in total. The number of hydrogen-bond donors (Lipinski definition) is 2. The number of H-pyrrole nitrogens is 1. The van der Waals surface area contributed by atoms with Gasteiger partial charge in [0.05, 0.1) is 0 Å². The minimum Gasteiger partial charge on any atom is -0.366 e. The Hall–Kier alpha value is -1.82. The summed E-state index contributed by atoms with van der Waals surface area (Å²) in [5.74, 6) is 0. The zero-order valence-corrected chi connectivity index (χ0v) is 10.4. The molecule has 0 spiro atoms. The monoisotopic (exact) mass is 295 g/mol. The van der Waals surface area contributed by atoms with Crippen LogP contribution in [-0.2, 0) is 6.67 Å². The van der Waals surface area contributed by atoms with Crippen molar-refractivity contribution in [3.05, 3.63) is 61.6 Å². The van der Waals surface area contributed by atoms with E-state index in [4.69, 9.17) is 0 Å². The fraction of sp³-hybridized carbons (Fsp3) is 0.0909. The maximum absolute atomic E-state index is 11.4. The van der Waals surface area contributed by atoms with Gasteiger partial charge in [-0.1, -0.05) is 15.9 Å². The van der Waals surface area contributed by atoms with Gasteiger partial charge in [-0.3, -0.25) is 14.7 Å². The van der Waals surface area contributed by atoms with Gasteiger partial charge in [-0.25, -0.2) is 4.68 Å². The quantitative estimate of drug-likeness (QED) is 0.899. The maximum atomic E-state index is 11.4. The Bertz CT molecular complexity index is 616. The molecule has 88 valence electrons. The molecule has 1 aromatic carbocycles. The van der Waals surface area contributed by atoms with Crippen LogP contribution in [0.5, 0.6) is 0 Å². The molecule has 0 aliphatic rings. The fourth-order valence-electron chi connectivity index (χ4n) is 1.32. The zero-order valence-electron chi connectivity index (χ0n) is 8.81. The van der Waals surface area contributed by atoms with Crippen LogP contribution in [-0.4, -0.2) is 9.78 Å². The third kappa shape index (κ3) is 3.07. The van der Waals surface area contributed by atoms with E-state index >= 15 is 0 Å². The highest BCUT2D eigenvalue weighted by molar-refractivity contribution is 9.10. The van der Waals surface area contributed by atoms with Crippen molar-refractivity contribution in [1.82, 2.24) is 9.78 Å². The SMILES string of the molecule is O=c1ccc(=O)n(CNc2ccc(Br)cc2)[nH]1. The molecular weight excluding hydrogens is 286 g/mol. The van der Waals surface area contributed by atoms with Gasteiger partial charge in [-0.05, 0) is 24.3 Å². The van der Waals surface area contributed by atoms with Crippen LogP contribution in [0.1, 0.15) is 0 Å². The van der Waals surface area contributed by atoms with Gasteiger partial charge in [0.25, 0.3) is 11.1 Å². The third-order valence-electron chi connectivity index (χ3n) is 2.17. The molecule has 0 radical (unpaired) electrons. The van der Waals surface area contributed by atoms with Gasteiger partial charge in [0.15, 0.2) is 0 Å². The van der Waals surface area contributed by atoms with E-state index in [2.05, 4.69) is 26.3 Å². The largest absolute Gasteiger partial charge is 0.366 e. The molecule has 2 aromatic rings. The topological polar surface area (TPSA) is 66.9 Å². The lowest BCUT2D eigenvalue weighted by Gasteiger charge is -2.08. The number of nitrogens with zero attached hydrogens (tertiary/aromatic N) is 1. The van der Waals surface area contributed by atoms with Crippen LogP contribution in [0.2, 0.25) is 0 Å². The van der Waals surface area contributed by atoms with Crippen molar-refractivity contribution in [2.75, 3.05) is 5.32 Å². The first-order chi connectivity index (χ1) is 8.15. The van der Waals surface area contributed by atoms with Crippen molar-refractivity contribution in [3.63, 3.8) is 0 Å². The summed E-state index contributed by atoms with van der Waals surface area (Å²) in [4.78, 5) is 22.4. The van der Waals surface area contributed by atoms with Gasteiger partial charge >= 0.3 is 0 Å². The summed E-state index contributed by atoms with van der Waals surface area (Å²) in [5, 5.41) is 5.46. The van der Waals surface area contributed by atoms with E-state index in [1.807, 2.05) is 24.3 Å². The molecule has 2 N–H and O–H groups in total. The Morgan fingerprint density at radius 2 is 1.82 bits per heavy atom. The van der Waals surface area contributed by atoms with Gasteiger partial charge in [-0.15, -0.1) is 0 Å². The van der Waals surface area contributed by atoms with Crippen molar-refractivity contribution in [3.8, 4) is 0 Å². The number of hydrogen-bond acceptors (Lipinski definition) is 3. The number of aromatic amines is 1. The molecule has 2 rings (SSSR count). The summed E-state index contributed by atoms with van der Waals surface area (Å²) < 4.78 is 2.19. The molecule has 0 atom stereocenters. The molecule has 0 saturated carbocycles. The Balaban J connectivity index is 2.12. The van der Waals surface area contributed by atoms with Crippen LogP contribution >= 0.6 is 15.9 Å². The second-order valence-corrected chi connectivity index (χ2v) is 4.33. The molecule has 0 saturated heterocycles. The molecule has 0 amide bonds. The highest BCUT2D eigenvalue weighted by atomic mass is 79.9. The van der Waals surface area contributed by atoms with Crippen LogP contribution < -0.4 is 16.4 Å². The second kappa shape index (κ2) is 5.01. The lowest BCUT2D eigenvalue weighted by molar-refractivity contribution is 0.614. The summed E-state index contributed by atoms with van der Waals surface area (Å²) in [6.07, 6.45) is 0. The van der Waals surface area contributed by atoms with Crippen molar-refractivity contribution in [2.45, 2.75) is 6.67 Å². The van der Waals surface area contributed by atoms with Crippen molar-refractivity contribution in [2.24, 2.45) is 0 Å². The van der Waals surface area contributed by atoms with Crippen LogP contribution in [0, 0.1) is 0 Å². The molecule has 1 aromatic heterocycles. The van der Waals surface area contributed by atoms with Gasteiger partial charge in [0.1, 0.15) is 6.67 Å². The van der Waals surface area contributed by atoms with Gasteiger partial charge < -0.3 is 5.32 Å². The van der Waals surface area contributed by atoms with Gasteiger partial charge in [0, 0.05) is 22.3 Å². The smallest absolute Gasteiger partial charge is 0.266 e. The lowest BCUT2D eigenvalue weighted by atomic mass is 10.3. The molecular formula is C11H10BrN3O2. The third-order valence-corrected chi connectivity index (χ3v) is 2.70. The van der Waals surface area contributed by atoms with Crippen LogP contribution in [0.25, 0.3) is 0 Å². The van der Waals surface area contributed by atoms with E-state index in [1.54, 1.807) is 0 Å². The number of halogens is 1.